The van der Waals surface area contributed by atoms with Crippen molar-refractivity contribution >= 4 is 0 Å². The maximum atomic E-state index is 4.18. The molecule has 19 heavy (non-hydrogen) atoms. The third kappa shape index (κ3) is 4.48. The van der Waals surface area contributed by atoms with Crippen LogP contribution in [0.2, 0.25) is 0 Å². The Morgan fingerprint density at radius 3 is 2.63 bits per heavy atom. The van der Waals surface area contributed by atoms with E-state index in [4.69, 9.17) is 0 Å². The molecule has 1 N–H and O–H groups in total. The first-order chi connectivity index (χ1) is 9.13. The lowest BCUT2D eigenvalue weighted by Crippen LogP contribution is -2.19. The Hall–Kier alpha value is -1.68. The highest BCUT2D eigenvalue weighted by Crippen LogP contribution is 2.05. The van der Waals surface area contributed by atoms with Gasteiger partial charge in [-0.15, -0.1) is 5.10 Å². The Kier molecular flexibility index (Phi) is 4.68. The summed E-state index contributed by atoms with van der Waals surface area (Å²) in [5.74, 6) is 0.655. The van der Waals surface area contributed by atoms with Gasteiger partial charge in [0.2, 0.25) is 0 Å². The highest BCUT2D eigenvalue weighted by atomic mass is 15.4. The van der Waals surface area contributed by atoms with Gasteiger partial charge in [0, 0.05) is 6.54 Å². The third-order valence-corrected chi connectivity index (χ3v) is 2.91. The molecule has 0 radical (unpaired) electrons. The van der Waals surface area contributed by atoms with Gasteiger partial charge >= 0.3 is 0 Å². The van der Waals surface area contributed by atoms with E-state index < -0.39 is 0 Å². The molecule has 4 nitrogen and oxygen atoms in total. The van der Waals surface area contributed by atoms with Crippen molar-refractivity contribution in [2.24, 2.45) is 5.92 Å². The van der Waals surface area contributed by atoms with E-state index in [1.165, 1.54) is 11.1 Å². The Labute approximate surface area is 114 Å². The van der Waals surface area contributed by atoms with Gasteiger partial charge in [-0.1, -0.05) is 48.9 Å². The lowest BCUT2D eigenvalue weighted by molar-refractivity contribution is 0.548. The van der Waals surface area contributed by atoms with Crippen molar-refractivity contribution in [3.8, 4) is 0 Å². The summed E-state index contributed by atoms with van der Waals surface area (Å²) in [6, 6.07) is 8.51. The predicted octanol–water partition coefficient (Wildman–Crippen LogP) is 2.38. The van der Waals surface area contributed by atoms with Crippen molar-refractivity contribution in [3.63, 3.8) is 0 Å². The molecule has 4 heteroatoms. The summed E-state index contributed by atoms with van der Waals surface area (Å²) in [6.45, 7) is 9.05. The molecular weight excluding hydrogens is 236 g/mol. The van der Waals surface area contributed by atoms with Crippen LogP contribution in [-0.2, 0) is 13.1 Å². The minimum absolute atomic E-state index is 0.655. The Bertz CT molecular complexity index is 499. The number of rotatable bonds is 6. The molecule has 2 aromatic rings. The lowest BCUT2D eigenvalue weighted by Gasteiger charge is -2.04. The van der Waals surface area contributed by atoms with Gasteiger partial charge in [0.25, 0.3) is 0 Å². The second-order valence-electron chi connectivity index (χ2n) is 5.42. The van der Waals surface area contributed by atoms with Crippen molar-refractivity contribution in [1.82, 2.24) is 20.3 Å². The zero-order chi connectivity index (χ0) is 13.7. The van der Waals surface area contributed by atoms with Gasteiger partial charge in [-0.2, -0.15) is 0 Å². The molecule has 0 unspecified atom stereocenters. The number of aryl methyl sites for hydroxylation is 1. The van der Waals surface area contributed by atoms with E-state index in [1.54, 1.807) is 0 Å². The van der Waals surface area contributed by atoms with Gasteiger partial charge in [0.1, 0.15) is 0 Å². The highest BCUT2D eigenvalue weighted by Gasteiger charge is 2.02. The minimum atomic E-state index is 0.655. The van der Waals surface area contributed by atoms with Crippen molar-refractivity contribution < 1.29 is 0 Å². The van der Waals surface area contributed by atoms with Crippen LogP contribution in [0.4, 0.5) is 0 Å². The first-order valence-corrected chi connectivity index (χ1v) is 6.79. The number of hydrogen-bond acceptors (Lipinski definition) is 3. The predicted molar refractivity (Wildman–Crippen MR) is 76.8 cm³/mol. The second kappa shape index (κ2) is 6.48. The van der Waals surface area contributed by atoms with Crippen LogP contribution < -0.4 is 5.32 Å². The zero-order valence-electron chi connectivity index (χ0n) is 11.9. The fraction of sp³-hybridized carbons (Fsp3) is 0.467. The van der Waals surface area contributed by atoms with E-state index in [1.807, 2.05) is 10.9 Å². The van der Waals surface area contributed by atoms with Crippen molar-refractivity contribution in [3.05, 3.63) is 47.3 Å². The lowest BCUT2D eigenvalue weighted by atomic mass is 10.1. The molecule has 0 bridgehead atoms. The van der Waals surface area contributed by atoms with Gasteiger partial charge in [0.05, 0.1) is 18.4 Å². The normalized spacial score (nSPS) is 11.2. The van der Waals surface area contributed by atoms with Gasteiger partial charge in [-0.3, -0.25) is 0 Å². The summed E-state index contributed by atoms with van der Waals surface area (Å²) < 4.78 is 1.89. The molecule has 1 aromatic carbocycles. The number of nitrogens with zero attached hydrogens (tertiary/aromatic N) is 3. The van der Waals surface area contributed by atoms with Crippen LogP contribution in [0.25, 0.3) is 0 Å². The molecule has 1 heterocycles. The molecule has 0 aliphatic rings. The highest BCUT2D eigenvalue weighted by molar-refractivity contribution is 5.21. The van der Waals surface area contributed by atoms with E-state index in [0.29, 0.717) is 5.92 Å². The van der Waals surface area contributed by atoms with Crippen LogP contribution >= 0.6 is 0 Å². The standard InChI is InChI=1S/C15H22N4/c1-12(2)8-16-9-15-11-19(18-17-15)10-14-6-4-13(3)5-7-14/h4-7,11-12,16H,8-10H2,1-3H3. The van der Waals surface area contributed by atoms with Crippen LogP contribution in [0.5, 0.6) is 0 Å². The summed E-state index contributed by atoms with van der Waals surface area (Å²) in [7, 11) is 0. The molecule has 2 rings (SSSR count). The topological polar surface area (TPSA) is 42.7 Å². The number of hydrogen-bond donors (Lipinski definition) is 1. The van der Waals surface area contributed by atoms with Crippen LogP contribution in [0, 0.1) is 12.8 Å². The maximum absolute atomic E-state index is 4.18. The maximum Gasteiger partial charge on any atom is 0.0964 e. The van der Waals surface area contributed by atoms with Crippen LogP contribution in [0.15, 0.2) is 30.5 Å². The van der Waals surface area contributed by atoms with Gasteiger partial charge in [-0.05, 0) is 24.9 Å². The van der Waals surface area contributed by atoms with Crippen LogP contribution in [0.1, 0.15) is 30.7 Å². The largest absolute Gasteiger partial charge is 0.311 e. The summed E-state index contributed by atoms with van der Waals surface area (Å²) in [5, 5.41) is 11.7. The van der Waals surface area contributed by atoms with Gasteiger partial charge in [-0.25, -0.2) is 4.68 Å². The molecule has 0 saturated heterocycles. The molecular formula is C15H22N4. The summed E-state index contributed by atoms with van der Waals surface area (Å²) >= 11 is 0. The summed E-state index contributed by atoms with van der Waals surface area (Å²) in [6.07, 6.45) is 2.01. The first kappa shape index (κ1) is 13.7. The van der Waals surface area contributed by atoms with Crippen LogP contribution in [0.3, 0.4) is 0 Å². The SMILES string of the molecule is Cc1ccc(Cn2cc(CNCC(C)C)nn2)cc1. The number of benzene rings is 1. The molecule has 0 saturated carbocycles. The smallest absolute Gasteiger partial charge is 0.0964 e. The van der Waals surface area contributed by atoms with Crippen molar-refractivity contribution in [2.45, 2.75) is 33.9 Å². The quantitative estimate of drug-likeness (QED) is 0.865. The number of aromatic nitrogens is 3. The average molecular weight is 258 g/mol. The van der Waals surface area contributed by atoms with Gasteiger partial charge < -0.3 is 5.32 Å². The monoisotopic (exact) mass is 258 g/mol. The third-order valence-electron chi connectivity index (χ3n) is 2.91. The molecule has 1 aromatic heterocycles. The van der Waals surface area contributed by atoms with E-state index in [9.17, 15) is 0 Å². The Morgan fingerprint density at radius 2 is 1.95 bits per heavy atom. The average Bonchev–Trinajstić information content (AvgIpc) is 2.79. The number of nitrogens with one attached hydrogen (secondary N) is 1. The van der Waals surface area contributed by atoms with E-state index in [0.717, 1.165) is 25.3 Å². The molecule has 0 amide bonds. The zero-order valence-corrected chi connectivity index (χ0v) is 11.9. The molecule has 102 valence electrons. The van der Waals surface area contributed by atoms with E-state index in [2.05, 4.69) is 60.7 Å². The van der Waals surface area contributed by atoms with E-state index in [-0.39, 0.29) is 0 Å². The Morgan fingerprint density at radius 1 is 1.21 bits per heavy atom. The molecule has 0 fully saturated rings. The molecule has 0 aliphatic carbocycles. The fourth-order valence-electron chi connectivity index (χ4n) is 1.87. The van der Waals surface area contributed by atoms with Crippen molar-refractivity contribution in [2.75, 3.05) is 6.54 Å². The minimum Gasteiger partial charge on any atom is -0.311 e. The van der Waals surface area contributed by atoms with Gasteiger partial charge in [0.15, 0.2) is 0 Å². The fourth-order valence-corrected chi connectivity index (χ4v) is 1.87. The van der Waals surface area contributed by atoms with Crippen molar-refractivity contribution in [1.29, 1.82) is 0 Å². The first-order valence-electron chi connectivity index (χ1n) is 6.79. The molecule has 0 aliphatic heterocycles. The summed E-state index contributed by atoms with van der Waals surface area (Å²) in [5.41, 5.74) is 3.52. The summed E-state index contributed by atoms with van der Waals surface area (Å²) in [4.78, 5) is 0. The van der Waals surface area contributed by atoms with E-state index >= 15 is 0 Å². The second-order valence-corrected chi connectivity index (χ2v) is 5.42. The Balaban J connectivity index is 1.88. The van der Waals surface area contributed by atoms with Crippen LogP contribution in [-0.4, -0.2) is 21.5 Å². The molecule has 0 spiro atoms. The molecule has 0 atom stereocenters.